The molecule has 0 aromatic carbocycles. The second-order valence-corrected chi connectivity index (χ2v) is 4.35. The lowest BCUT2D eigenvalue weighted by Gasteiger charge is -2.04. The van der Waals surface area contributed by atoms with Gasteiger partial charge in [0.2, 0.25) is 0 Å². The second-order valence-electron chi connectivity index (χ2n) is 3.32. The van der Waals surface area contributed by atoms with Crippen molar-refractivity contribution in [2.24, 2.45) is 5.73 Å². The molecule has 7 nitrogen and oxygen atoms in total. The summed E-state index contributed by atoms with van der Waals surface area (Å²) in [4.78, 5) is 22.9. The van der Waals surface area contributed by atoms with Crippen LogP contribution in [-0.2, 0) is 9.47 Å². The number of thiophene rings is 1. The van der Waals surface area contributed by atoms with Gasteiger partial charge in [0.25, 0.3) is 5.91 Å². The molecule has 0 aliphatic carbocycles. The van der Waals surface area contributed by atoms with Gasteiger partial charge in [-0.05, 0) is 0 Å². The molecular weight excluding hydrogens is 258 g/mol. The van der Waals surface area contributed by atoms with Crippen molar-refractivity contribution in [2.75, 3.05) is 38.4 Å². The number of carbonyl (C=O) groups excluding carboxylic acids is 2. The Labute approximate surface area is 108 Å². The van der Waals surface area contributed by atoms with Crippen LogP contribution in [0.2, 0.25) is 0 Å². The zero-order valence-corrected chi connectivity index (χ0v) is 10.9. The van der Waals surface area contributed by atoms with Gasteiger partial charge in [-0.25, -0.2) is 4.79 Å². The highest BCUT2D eigenvalue weighted by Crippen LogP contribution is 2.35. The first-order valence-corrected chi connectivity index (χ1v) is 5.87. The molecule has 1 amide bonds. The van der Waals surface area contributed by atoms with E-state index in [-0.39, 0.29) is 16.1 Å². The van der Waals surface area contributed by atoms with Gasteiger partial charge in [0.15, 0.2) is 0 Å². The van der Waals surface area contributed by atoms with E-state index in [1.165, 1.54) is 7.11 Å². The van der Waals surface area contributed by atoms with E-state index >= 15 is 0 Å². The van der Waals surface area contributed by atoms with Crippen LogP contribution >= 0.6 is 11.3 Å². The lowest BCUT2D eigenvalue weighted by molar-refractivity contribution is 0.0607. The fourth-order valence-corrected chi connectivity index (χ4v) is 2.39. The average Bonchev–Trinajstić information content (AvgIpc) is 2.66. The number of carbonyl (C=O) groups is 2. The largest absolute Gasteiger partial charge is 0.465 e. The number of hydrogen-bond donors (Lipinski definition) is 3. The number of nitrogen functional groups attached to an aromatic ring is 1. The van der Waals surface area contributed by atoms with Crippen molar-refractivity contribution in [1.29, 1.82) is 0 Å². The Morgan fingerprint density at radius 1 is 1.39 bits per heavy atom. The van der Waals surface area contributed by atoms with Crippen molar-refractivity contribution in [3.8, 4) is 0 Å². The molecule has 1 rings (SSSR count). The predicted octanol–water partition coefficient (Wildman–Crippen LogP) is 0.274. The molecule has 100 valence electrons. The maximum absolute atomic E-state index is 11.5. The quantitative estimate of drug-likeness (QED) is 0.506. The Hall–Kier alpha value is -1.80. The molecule has 0 atom stereocenters. The highest BCUT2D eigenvalue weighted by Gasteiger charge is 2.24. The predicted molar refractivity (Wildman–Crippen MR) is 69.0 cm³/mol. The molecule has 1 aromatic heterocycles. The van der Waals surface area contributed by atoms with Crippen LogP contribution in [0, 0.1) is 0 Å². The van der Waals surface area contributed by atoms with Crippen molar-refractivity contribution in [2.45, 2.75) is 0 Å². The summed E-state index contributed by atoms with van der Waals surface area (Å²) < 4.78 is 9.45. The van der Waals surface area contributed by atoms with Gasteiger partial charge < -0.3 is 26.3 Å². The van der Waals surface area contributed by atoms with Crippen molar-refractivity contribution in [1.82, 2.24) is 0 Å². The minimum absolute atomic E-state index is 0.0410. The van der Waals surface area contributed by atoms with Gasteiger partial charge >= 0.3 is 5.97 Å². The molecular formula is C10H15N3O4S. The standard InChI is InChI=1S/C10H15N3O4S/c1-16-4-3-13-9-5(8(12)14)6(11)7(18-9)10(15)17-2/h13H,3-4,11H2,1-2H3,(H2,12,14). The van der Waals surface area contributed by atoms with Crippen molar-refractivity contribution in [3.63, 3.8) is 0 Å². The zero-order valence-electron chi connectivity index (χ0n) is 10.1. The summed E-state index contributed by atoms with van der Waals surface area (Å²) in [6, 6.07) is 0. The lowest BCUT2D eigenvalue weighted by Crippen LogP contribution is -2.16. The number of amides is 1. The number of nitrogens with two attached hydrogens (primary N) is 2. The van der Waals surface area contributed by atoms with E-state index in [4.69, 9.17) is 16.2 Å². The van der Waals surface area contributed by atoms with Gasteiger partial charge in [0.05, 0.1) is 25.0 Å². The van der Waals surface area contributed by atoms with Gasteiger partial charge in [-0.2, -0.15) is 0 Å². The maximum atomic E-state index is 11.5. The highest BCUT2D eigenvalue weighted by molar-refractivity contribution is 7.19. The fraction of sp³-hybridized carbons (Fsp3) is 0.400. The van der Waals surface area contributed by atoms with Crippen LogP contribution in [0.3, 0.4) is 0 Å². The topological polar surface area (TPSA) is 117 Å². The van der Waals surface area contributed by atoms with Crippen molar-refractivity contribution in [3.05, 3.63) is 10.4 Å². The summed E-state index contributed by atoms with van der Waals surface area (Å²) >= 11 is 1.03. The van der Waals surface area contributed by atoms with Gasteiger partial charge in [-0.15, -0.1) is 11.3 Å². The lowest BCUT2D eigenvalue weighted by atomic mass is 10.2. The summed E-state index contributed by atoms with van der Waals surface area (Å²) in [6.45, 7) is 0.918. The Balaban J connectivity index is 3.08. The van der Waals surface area contributed by atoms with E-state index in [9.17, 15) is 9.59 Å². The molecule has 0 bridgehead atoms. The van der Waals surface area contributed by atoms with Crippen LogP contribution in [-0.4, -0.2) is 39.2 Å². The number of anilines is 2. The molecule has 0 fully saturated rings. The first kappa shape index (κ1) is 14.3. The molecule has 0 aliphatic heterocycles. The van der Waals surface area contributed by atoms with Crippen LogP contribution in [0.4, 0.5) is 10.7 Å². The van der Waals surface area contributed by atoms with Crippen molar-refractivity contribution < 1.29 is 19.1 Å². The van der Waals surface area contributed by atoms with E-state index < -0.39 is 11.9 Å². The summed E-state index contributed by atoms with van der Waals surface area (Å²) in [5.41, 5.74) is 11.1. The van der Waals surface area contributed by atoms with E-state index in [0.717, 1.165) is 11.3 Å². The number of primary amides is 1. The molecule has 1 heterocycles. The normalized spacial score (nSPS) is 10.1. The third-order valence-electron chi connectivity index (χ3n) is 2.15. The van der Waals surface area contributed by atoms with Gasteiger partial charge in [0, 0.05) is 13.7 Å². The number of ether oxygens (including phenoxy) is 2. The first-order valence-electron chi connectivity index (χ1n) is 5.06. The number of hydrogen-bond acceptors (Lipinski definition) is 7. The number of esters is 1. The Morgan fingerprint density at radius 2 is 2.06 bits per heavy atom. The molecule has 5 N–H and O–H groups in total. The molecule has 0 spiro atoms. The van der Waals surface area contributed by atoms with Gasteiger partial charge in [-0.1, -0.05) is 0 Å². The SMILES string of the molecule is COCCNc1sc(C(=O)OC)c(N)c1C(N)=O. The minimum Gasteiger partial charge on any atom is -0.465 e. The first-order chi connectivity index (χ1) is 8.52. The van der Waals surface area contributed by atoms with Gasteiger partial charge in [0.1, 0.15) is 9.88 Å². The Kier molecular flexibility index (Phi) is 4.93. The summed E-state index contributed by atoms with van der Waals surface area (Å²) in [5.74, 6) is -1.29. The third kappa shape index (κ3) is 2.90. The Bertz CT molecular complexity index is 458. The molecule has 0 radical (unpaired) electrons. The second kappa shape index (κ2) is 6.22. The third-order valence-corrected chi connectivity index (χ3v) is 3.30. The fourth-order valence-electron chi connectivity index (χ4n) is 1.32. The van der Waals surface area contributed by atoms with Crippen LogP contribution in [0.5, 0.6) is 0 Å². The van der Waals surface area contributed by atoms with Gasteiger partial charge in [-0.3, -0.25) is 4.79 Å². The summed E-state index contributed by atoms with van der Waals surface area (Å²) in [7, 11) is 2.79. The molecule has 1 aromatic rings. The number of methoxy groups -OCH3 is 2. The summed E-state index contributed by atoms with van der Waals surface area (Å²) in [6.07, 6.45) is 0. The molecule has 18 heavy (non-hydrogen) atoms. The molecule has 0 saturated carbocycles. The molecule has 0 unspecified atom stereocenters. The molecule has 0 saturated heterocycles. The Morgan fingerprint density at radius 3 is 2.56 bits per heavy atom. The monoisotopic (exact) mass is 273 g/mol. The zero-order chi connectivity index (χ0) is 13.7. The van der Waals surface area contributed by atoms with Crippen LogP contribution in [0.25, 0.3) is 0 Å². The number of nitrogens with one attached hydrogen (secondary N) is 1. The molecule has 8 heteroatoms. The smallest absolute Gasteiger partial charge is 0.350 e. The average molecular weight is 273 g/mol. The van der Waals surface area contributed by atoms with E-state index in [1.54, 1.807) is 7.11 Å². The number of rotatable bonds is 6. The van der Waals surface area contributed by atoms with Crippen LogP contribution in [0.1, 0.15) is 20.0 Å². The van der Waals surface area contributed by atoms with Crippen LogP contribution < -0.4 is 16.8 Å². The highest BCUT2D eigenvalue weighted by atomic mass is 32.1. The van der Waals surface area contributed by atoms with Crippen molar-refractivity contribution >= 4 is 33.9 Å². The van der Waals surface area contributed by atoms with E-state index in [2.05, 4.69) is 10.1 Å². The summed E-state index contributed by atoms with van der Waals surface area (Å²) in [5, 5.41) is 3.38. The van der Waals surface area contributed by atoms with E-state index in [1.807, 2.05) is 0 Å². The minimum atomic E-state index is -0.696. The van der Waals surface area contributed by atoms with Crippen LogP contribution in [0.15, 0.2) is 0 Å². The maximum Gasteiger partial charge on any atom is 0.350 e. The molecule has 0 aliphatic rings. The van der Waals surface area contributed by atoms with E-state index in [0.29, 0.717) is 18.2 Å².